The average molecular weight is 419 g/mol. The van der Waals surface area contributed by atoms with Crippen molar-refractivity contribution < 1.29 is 9.13 Å². The van der Waals surface area contributed by atoms with Gasteiger partial charge in [0, 0.05) is 48.5 Å². The maximum atomic E-state index is 14.2. The van der Waals surface area contributed by atoms with Crippen molar-refractivity contribution >= 4 is 5.82 Å². The molecule has 0 aliphatic carbocycles. The van der Waals surface area contributed by atoms with Gasteiger partial charge in [-0.1, -0.05) is 5.21 Å². The molecular weight excluding hydrogens is 397 g/mol. The van der Waals surface area contributed by atoms with Crippen LogP contribution in [0.3, 0.4) is 0 Å². The summed E-state index contributed by atoms with van der Waals surface area (Å²) in [6.07, 6.45) is 3.57. The van der Waals surface area contributed by atoms with E-state index >= 15 is 0 Å². The van der Waals surface area contributed by atoms with Gasteiger partial charge in [-0.25, -0.2) is 14.1 Å². The summed E-state index contributed by atoms with van der Waals surface area (Å²) in [6.45, 7) is 4.53. The first-order valence-corrected chi connectivity index (χ1v) is 10.1. The minimum atomic E-state index is -0.471. The molecule has 1 aliphatic heterocycles. The summed E-state index contributed by atoms with van der Waals surface area (Å²) in [5.41, 5.74) is 12.0. The molecule has 4 heterocycles. The first-order chi connectivity index (χ1) is 15.0. The molecule has 5 rings (SSSR count). The third kappa shape index (κ3) is 3.13. The highest BCUT2D eigenvalue weighted by atomic mass is 19.1. The van der Waals surface area contributed by atoms with E-state index in [2.05, 4.69) is 20.4 Å². The first-order valence-electron chi connectivity index (χ1n) is 10.1. The Labute approximate surface area is 178 Å². The van der Waals surface area contributed by atoms with Crippen molar-refractivity contribution in [1.29, 1.82) is 0 Å². The van der Waals surface area contributed by atoms with E-state index in [1.54, 1.807) is 16.9 Å². The van der Waals surface area contributed by atoms with Crippen LogP contribution in [0.4, 0.5) is 10.2 Å². The number of fused-ring (bicyclic) bond motifs is 7. The molecular formula is C22H22FN7O. The second kappa shape index (κ2) is 7.19. The van der Waals surface area contributed by atoms with Gasteiger partial charge in [0.2, 0.25) is 0 Å². The molecule has 0 unspecified atom stereocenters. The van der Waals surface area contributed by atoms with E-state index in [1.165, 1.54) is 12.1 Å². The average Bonchev–Trinajstić information content (AvgIpc) is 3.32. The number of benzene rings is 1. The van der Waals surface area contributed by atoms with Gasteiger partial charge in [0.25, 0.3) is 0 Å². The largest absolute Gasteiger partial charge is 0.482 e. The molecule has 0 radical (unpaired) electrons. The predicted octanol–water partition coefficient (Wildman–Crippen LogP) is 3.53. The van der Waals surface area contributed by atoms with Gasteiger partial charge in [-0.05, 0) is 38.1 Å². The molecule has 1 atom stereocenters. The van der Waals surface area contributed by atoms with E-state index in [-0.39, 0.29) is 11.6 Å². The Morgan fingerprint density at radius 3 is 2.87 bits per heavy atom. The maximum absolute atomic E-state index is 14.2. The number of nitrogens with zero attached hydrogens (tertiary/aromatic N) is 6. The van der Waals surface area contributed by atoms with Crippen LogP contribution in [0, 0.1) is 5.82 Å². The molecule has 3 aromatic heterocycles. The van der Waals surface area contributed by atoms with Crippen LogP contribution in [0.15, 0.2) is 36.7 Å². The zero-order valence-corrected chi connectivity index (χ0v) is 17.5. The highest BCUT2D eigenvalue weighted by Crippen LogP contribution is 2.38. The van der Waals surface area contributed by atoms with Crippen LogP contribution in [0.25, 0.3) is 22.5 Å². The van der Waals surface area contributed by atoms with Crippen LogP contribution in [0.5, 0.6) is 5.75 Å². The fraction of sp³-hybridized carbons (Fsp3) is 0.273. The molecule has 2 bridgehead atoms. The Hall–Kier alpha value is -3.75. The number of ether oxygens (including phenoxy) is 1. The van der Waals surface area contributed by atoms with Crippen LogP contribution >= 0.6 is 0 Å². The molecule has 0 amide bonds. The lowest BCUT2D eigenvalue weighted by molar-refractivity contribution is 0.227. The zero-order valence-electron chi connectivity index (χ0n) is 17.5. The van der Waals surface area contributed by atoms with Gasteiger partial charge in [-0.15, -0.1) is 5.10 Å². The van der Waals surface area contributed by atoms with E-state index in [4.69, 9.17) is 10.5 Å². The topological polar surface area (TPSA) is 96.7 Å². The maximum Gasteiger partial charge on any atom is 0.166 e. The minimum absolute atomic E-state index is 0.268. The summed E-state index contributed by atoms with van der Waals surface area (Å²) in [5, 5.41) is 13.2. The standard InChI is InChI=1S/C22H22FN7O/c1-4-30-21-14-8-19(22(24)25-10-14)31-12(2)17-9-15(23)5-6-16(17)20-13(11-26-29(20)3)7-18(21)27-28-30/h5-6,8-12H,4,7H2,1-3H3,(H2,24,25)/t12-/m1/s1. The number of nitrogen functional groups attached to an aromatic ring is 1. The molecule has 8 nitrogen and oxygen atoms in total. The van der Waals surface area contributed by atoms with E-state index < -0.39 is 6.10 Å². The van der Waals surface area contributed by atoms with Crippen molar-refractivity contribution in [2.45, 2.75) is 32.9 Å². The van der Waals surface area contributed by atoms with Crippen LogP contribution in [-0.2, 0) is 20.0 Å². The molecule has 9 heteroatoms. The molecule has 0 saturated heterocycles. The molecule has 2 N–H and O–H groups in total. The zero-order chi connectivity index (χ0) is 21.7. The summed E-state index contributed by atoms with van der Waals surface area (Å²) >= 11 is 0. The number of pyridine rings is 1. The van der Waals surface area contributed by atoms with Crippen molar-refractivity contribution in [3.63, 3.8) is 0 Å². The summed E-state index contributed by atoms with van der Waals surface area (Å²) in [7, 11) is 1.87. The third-order valence-corrected chi connectivity index (χ3v) is 5.64. The highest BCUT2D eigenvalue weighted by Gasteiger charge is 2.25. The van der Waals surface area contributed by atoms with E-state index in [0.29, 0.717) is 24.3 Å². The molecule has 1 aliphatic rings. The number of hydrogen-bond donors (Lipinski definition) is 1. The van der Waals surface area contributed by atoms with Crippen LogP contribution in [0.2, 0.25) is 0 Å². The minimum Gasteiger partial charge on any atom is -0.482 e. The Bertz CT molecular complexity index is 1290. The van der Waals surface area contributed by atoms with Gasteiger partial charge in [0.05, 0.1) is 23.3 Å². The third-order valence-electron chi connectivity index (χ3n) is 5.64. The number of rotatable bonds is 1. The smallest absolute Gasteiger partial charge is 0.166 e. The van der Waals surface area contributed by atoms with Crippen LogP contribution < -0.4 is 10.5 Å². The quantitative estimate of drug-likeness (QED) is 0.507. The lowest BCUT2D eigenvalue weighted by atomic mass is 9.95. The number of halogens is 1. The fourth-order valence-corrected chi connectivity index (χ4v) is 4.16. The molecule has 31 heavy (non-hydrogen) atoms. The summed E-state index contributed by atoms with van der Waals surface area (Å²) in [6, 6.07) is 6.55. The van der Waals surface area contributed by atoms with E-state index in [1.807, 2.05) is 37.8 Å². The first kappa shape index (κ1) is 19.2. The number of aryl methyl sites for hydroxylation is 2. The molecule has 158 valence electrons. The second-order valence-corrected chi connectivity index (χ2v) is 7.62. The van der Waals surface area contributed by atoms with Crippen molar-refractivity contribution in [1.82, 2.24) is 29.8 Å². The van der Waals surface area contributed by atoms with E-state index in [0.717, 1.165) is 33.8 Å². The summed E-state index contributed by atoms with van der Waals surface area (Å²) < 4.78 is 24.1. The second-order valence-electron chi connectivity index (χ2n) is 7.62. The van der Waals surface area contributed by atoms with Gasteiger partial charge in [-0.3, -0.25) is 4.68 Å². The van der Waals surface area contributed by atoms with Gasteiger partial charge < -0.3 is 10.5 Å². The molecule has 1 aromatic carbocycles. The summed E-state index contributed by atoms with van der Waals surface area (Å²) in [4.78, 5) is 4.33. The number of nitrogens with two attached hydrogens (primary N) is 1. The number of aromatic nitrogens is 6. The normalized spacial score (nSPS) is 15.2. The van der Waals surface area contributed by atoms with Gasteiger partial charge in [0.1, 0.15) is 11.9 Å². The van der Waals surface area contributed by atoms with Gasteiger partial charge in [0.15, 0.2) is 11.6 Å². The Morgan fingerprint density at radius 2 is 2.06 bits per heavy atom. The fourth-order valence-electron chi connectivity index (χ4n) is 4.16. The van der Waals surface area contributed by atoms with Gasteiger partial charge >= 0.3 is 0 Å². The molecule has 4 aromatic rings. The monoisotopic (exact) mass is 419 g/mol. The SMILES string of the molecule is CCn1nnc2c1-c1cnc(N)c(c1)O[C@H](C)c1cc(F)ccc1-c1c(cnn1C)C2. The Balaban J connectivity index is 1.82. The Kier molecular flexibility index (Phi) is 4.46. The number of anilines is 1. The van der Waals surface area contributed by atoms with E-state index in [9.17, 15) is 4.39 Å². The lowest BCUT2D eigenvalue weighted by Gasteiger charge is -2.21. The van der Waals surface area contributed by atoms with Crippen LogP contribution in [-0.4, -0.2) is 29.8 Å². The van der Waals surface area contributed by atoms with Crippen molar-refractivity contribution in [3.8, 4) is 28.3 Å². The number of hydrogen-bond acceptors (Lipinski definition) is 6. The van der Waals surface area contributed by atoms with Crippen LogP contribution in [0.1, 0.15) is 36.8 Å². The highest BCUT2D eigenvalue weighted by molar-refractivity contribution is 5.71. The summed E-state index contributed by atoms with van der Waals surface area (Å²) in [5.74, 6) is 0.364. The van der Waals surface area contributed by atoms with Crippen molar-refractivity contribution in [2.75, 3.05) is 5.73 Å². The van der Waals surface area contributed by atoms with Gasteiger partial charge in [-0.2, -0.15) is 5.10 Å². The lowest BCUT2D eigenvalue weighted by Crippen LogP contribution is -2.10. The predicted molar refractivity (Wildman–Crippen MR) is 114 cm³/mol. The Morgan fingerprint density at radius 1 is 1.23 bits per heavy atom. The van der Waals surface area contributed by atoms with Crippen molar-refractivity contribution in [2.24, 2.45) is 7.05 Å². The molecule has 0 saturated carbocycles. The molecule has 0 fully saturated rings. The van der Waals surface area contributed by atoms with Crippen molar-refractivity contribution in [3.05, 3.63) is 59.3 Å². The molecule has 0 spiro atoms.